The number of thioether (sulfide) groups is 1. The summed E-state index contributed by atoms with van der Waals surface area (Å²) >= 11 is 1.30. The Balaban J connectivity index is 2.31. The number of piperidine rings is 1. The Morgan fingerprint density at radius 1 is 1.00 bits per heavy atom. The van der Waals surface area contributed by atoms with Gasteiger partial charge < -0.3 is 19.1 Å². The fourth-order valence-electron chi connectivity index (χ4n) is 2.59. The number of rotatable bonds is 3. The van der Waals surface area contributed by atoms with Crippen molar-refractivity contribution in [2.45, 2.75) is 44.5 Å². The lowest BCUT2D eigenvalue weighted by Crippen LogP contribution is -2.62. The summed E-state index contributed by atoms with van der Waals surface area (Å²) in [7, 11) is 0. The van der Waals surface area contributed by atoms with E-state index in [1.165, 1.54) is 37.4 Å². The first-order valence-corrected chi connectivity index (χ1v) is 7.77. The normalized spacial score (nSPS) is 30.5. The predicted octanol–water partition coefficient (Wildman–Crippen LogP) is -0.303. The molecule has 0 bridgehead atoms. The highest BCUT2D eigenvalue weighted by molar-refractivity contribution is 8.01. The molecule has 0 aromatic carbocycles. The Hall–Kier alpha value is -1.77. The second kappa shape index (κ2) is 6.55. The summed E-state index contributed by atoms with van der Waals surface area (Å²) in [5.74, 6) is -1.61. The molecule has 2 fully saturated rings. The van der Waals surface area contributed by atoms with Crippen LogP contribution < -0.4 is 0 Å². The molecule has 22 heavy (non-hydrogen) atoms. The standard InChI is InChI=1S/C13H17NO7S/c1-6(15)19-9-4-14-10(18)5-22-13(14)12(21-8(3)17)11(9)20-7(2)16/h9,11-13H,4-5H2,1-3H3/t9-,11-,12-,13+/m1/s1. The summed E-state index contributed by atoms with van der Waals surface area (Å²) < 4.78 is 15.6. The van der Waals surface area contributed by atoms with Gasteiger partial charge in [0.25, 0.3) is 0 Å². The molecule has 2 saturated heterocycles. The molecule has 0 unspecified atom stereocenters. The molecule has 0 radical (unpaired) electrons. The number of amides is 1. The SMILES string of the molecule is CC(=O)O[C@@H]1[C@H](OC(C)=O)[C@H](OC(C)=O)CN2C(=O)CS[C@@H]12. The Morgan fingerprint density at radius 2 is 1.55 bits per heavy atom. The molecule has 0 saturated carbocycles. The van der Waals surface area contributed by atoms with Gasteiger partial charge >= 0.3 is 17.9 Å². The first kappa shape index (κ1) is 16.6. The van der Waals surface area contributed by atoms with Crippen LogP contribution in [0, 0.1) is 0 Å². The van der Waals surface area contributed by atoms with Crippen molar-refractivity contribution >= 4 is 35.6 Å². The molecule has 122 valence electrons. The zero-order valence-electron chi connectivity index (χ0n) is 12.4. The zero-order valence-corrected chi connectivity index (χ0v) is 13.3. The monoisotopic (exact) mass is 331 g/mol. The number of nitrogens with zero attached hydrogens (tertiary/aromatic N) is 1. The molecule has 2 aliphatic heterocycles. The molecule has 9 heteroatoms. The average molecular weight is 331 g/mol. The molecule has 0 aliphatic carbocycles. The molecular formula is C13H17NO7S. The van der Waals surface area contributed by atoms with Crippen LogP contribution >= 0.6 is 11.8 Å². The summed E-state index contributed by atoms with van der Waals surface area (Å²) in [6.45, 7) is 3.77. The van der Waals surface area contributed by atoms with Crippen LogP contribution in [0.15, 0.2) is 0 Å². The smallest absolute Gasteiger partial charge is 0.303 e. The van der Waals surface area contributed by atoms with Crippen LogP contribution in [0.5, 0.6) is 0 Å². The van der Waals surface area contributed by atoms with Gasteiger partial charge in [0.2, 0.25) is 5.91 Å². The van der Waals surface area contributed by atoms with Gasteiger partial charge in [-0.25, -0.2) is 0 Å². The third-order valence-electron chi connectivity index (χ3n) is 3.27. The fraction of sp³-hybridized carbons (Fsp3) is 0.692. The second-order valence-electron chi connectivity index (χ2n) is 5.04. The summed E-state index contributed by atoms with van der Waals surface area (Å²) in [4.78, 5) is 47.4. The molecule has 2 rings (SSSR count). The fourth-order valence-corrected chi connectivity index (χ4v) is 3.85. The van der Waals surface area contributed by atoms with Crippen molar-refractivity contribution in [1.82, 2.24) is 4.90 Å². The van der Waals surface area contributed by atoms with Gasteiger partial charge in [-0.2, -0.15) is 0 Å². The van der Waals surface area contributed by atoms with Crippen molar-refractivity contribution in [2.24, 2.45) is 0 Å². The van der Waals surface area contributed by atoms with Crippen molar-refractivity contribution in [3.63, 3.8) is 0 Å². The minimum atomic E-state index is -0.940. The molecule has 4 atom stereocenters. The van der Waals surface area contributed by atoms with Crippen molar-refractivity contribution in [3.8, 4) is 0 Å². The van der Waals surface area contributed by atoms with Crippen molar-refractivity contribution < 1.29 is 33.4 Å². The molecule has 8 nitrogen and oxygen atoms in total. The second-order valence-corrected chi connectivity index (χ2v) is 6.15. The van der Waals surface area contributed by atoms with Crippen LogP contribution in [0.25, 0.3) is 0 Å². The molecule has 0 aromatic heterocycles. The van der Waals surface area contributed by atoms with E-state index >= 15 is 0 Å². The Kier molecular flexibility index (Phi) is 4.94. The number of carbonyl (C=O) groups excluding carboxylic acids is 4. The Bertz CT molecular complexity index is 509. The van der Waals surface area contributed by atoms with Gasteiger partial charge in [0.1, 0.15) is 5.37 Å². The van der Waals surface area contributed by atoms with Gasteiger partial charge in [-0.05, 0) is 0 Å². The Morgan fingerprint density at radius 3 is 2.09 bits per heavy atom. The molecule has 2 heterocycles. The molecular weight excluding hydrogens is 314 g/mol. The largest absolute Gasteiger partial charge is 0.457 e. The zero-order chi connectivity index (χ0) is 16.4. The first-order valence-electron chi connectivity index (χ1n) is 6.72. The van der Waals surface area contributed by atoms with Crippen molar-refractivity contribution in [2.75, 3.05) is 12.3 Å². The topological polar surface area (TPSA) is 99.2 Å². The van der Waals surface area contributed by atoms with E-state index in [-0.39, 0.29) is 18.2 Å². The highest BCUT2D eigenvalue weighted by atomic mass is 32.2. The van der Waals surface area contributed by atoms with E-state index in [1.807, 2.05) is 0 Å². The van der Waals surface area contributed by atoms with Crippen LogP contribution in [-0.4, -0.2) is 64.7 Å². The quantitative estimate of drug-likeness (QED) is 0.513. The van der Waals surface area contributed by atoms with Gasteiger partial charge in [0.15, 0.2) is 18.3 Å². The van der Waals surface area contributed by atoms with Gasteiger partial charge in [-0.15, -0.1) is 11.8 Å². The van der Waals surface area contributed by atoms with Crippen LogP contribution in [0.2, 0.25) is 0 Å². The predicted molar refractivity (Wildman–Crippen MR) is 74.6 cm³/mol. The van der Waals surface area contributed by atoms with Gasteiger partial charge in [-0.3, -0.25) is 19.2 Å². The molecule has 0 spiro atoms. The molecule has 1 amide bonds. The highest BCUT2D eigenvalue weighted by Crippen LogP contribution is 2.37. The van der Waals surface area contributed by atoms with Crippen LogP contribution in [0.4, 0.5) is 0 Å². The van der Waals surface area contributed by atoms with Crippen molar-refractivity contribution in [1.29, 1.82) is 0 Å². The highest BCUT2D eigenvalue weighted by Gasteiger charge is 2.53. The number of hydrogen-bond acceptors (Lipinski definition) is 8. The summed E-state index contributed by atoms with van der Waals surface area (Å²) in [6.07, 6.45) is -2.69. The minimum absolute atomic E-state index is 0.103. The summed E-state index contributed by atoms with van der Waals surface area (Å²) in [5.41, 5.74) is 0. The van der Waals surface area contributed by atoms with E-state index in [9.17, 15) is 19.2 Å². The number of fused-ring (bicyclic) bond motifs is 1. The summed E-state index contributed by atoms with van der Waals surface area (Å²) in [6, 6.07) is 0. The van der Waals surface area contributed by atoms with Crippen LogP contribution in [0.1, 0.15) is 20.8 Å². The molecule has 0 aromatic rings. The van der Waals surface area contributed by atoms with Crippen LogP contribution in [-0.2, 0) is 33.4 Å². The lowest BCUT2D eigenvalue weighted by Gasteiger charge is -2.43. The van der Waals surface area contributed by atoms with E-state index in [1.54, 1.807) is 0 Å². The van der Waals surface area contributed by atoms with E-state index in [2.05, 4.69) is 0 Å². The number of esters is 3. The van der Waals surface area contributed by atoms with Gasteiger partial charge in [0.05, 0.1) is 12.3 Å². The van der Waals surface area contributed by atoms with Crippen LogP contribution in [0.3, 0.4) is 0 Å². The maximum atomic E-state index is 11.9. The maximum Gasteiger partial charge on any atom is 0.303 e. The van der Waals surface area contributed by atoms with Crippen molar-refractivity contribution in [3.05, 3.63) is 0 Å². The lowest BCUT2D eigenvalue weighted by molar-refractivity contribution is -0.197. The maximum absolute atomic E-state index is 11.9. The average Bonchev–Trinajstić information content (AvgIpc) is 2.73. The third-order valence-corrected chi connectivity index (χ3v) is 4.55. The third kappa shape index (κ3) is 3.52. The number of carbonyl (C=O) groups is 4. The molecule has 0 N–H and O–H groups in total. The van der Waals surface area contributed by atoms with Gasteiger partial charge in [-0.1, -0.05) is 0 Å². The first-order chi connectivity index (χ1) is 10.3. The van der Waals surface area contributed by atoms with E-state index in [0.29, 0.717) is 0 Å². The Labute approximate surface area is 131 Å². The summed E-state index contributed by atoms with van der Waals surface area (Å²) in [5, 5.41) is -0.451. The molecule has 2 aliphatic rings. The number of hydrogen-bond donors (Lipinski definition) is 0. The number of ether oxygens (including phenoxy) is 3. The van der Waals surface area contributed by atoms with E-state index in [4.69, 9.17) is 14.2 Å². The van der Waals surface area contributed by atoms with Gasteiger partial charge in [0, 0.05) is 20.8 Å². The van der Waals surface area contributed by atoms with E-state index < -0.39 is 41.6 Å². The lowest BCUT2D eigenvalue weighted by atomic mass is 10.0. The van der Waals surface area contributed by atoms with E-state index in [0.717, 1.165) is 0 Å². The minimum Gasteiger partial charge on any atom is -0.457 e.